The first-order valence-electron chi connectivity index (χ1n) is 5.78. The van der Waals surface area contributed by atoms with E-state index >= 15 is 0 Å². The number of hydrogen-bond donors (Lipinski definition) is 1. The molecular formula is C15H13FO3. The Morgan fingerprint density at radius 3 is 2.68 bits per heavy atom. The second-order valence-corrected chi connectivity index (χ2v) is 4.16. The molecule has 3 nitrogen and oxygen atoms in total. The average Bonchev–Trinajstić information content (AvgIpc) is 2.38. The monoisotopic (exact) mass is 260 g/mol. The average molecular weight is 260 g/mol. The van der Waals surface area contributed by atoms with Crippen LogP contribution in [-0.2, 0) is 6.61 Å². The van der Waals surface area contributed by atoms with Crippen LogP contribution in [0.4, 0.5) is 4.39 Å². The van der Waals surface area contributed by atoms with Crippen LogP contribution in [0.3, 0.4) is 0 Å². The van der Waals surface area contributed by atoms with Gasteiger partial charge in [0.25, 0.3) is 0 Å². The van der Waals surface area contributed by atoms with Crippen LogP contribution < -0.4 is 4.74 Å². The smallest absolute Gasteiger partial charge is 0.339 e. The lowest BCUT2D eigenvalue weighted by molar-refractivity contribution is 0.0691. The Kier molecular flexibility index (Phi) is 3.80. The fourth-order valence-corrected chi connectivity index (χ4v) is 1.72. The number of hydrogen-bond acceptors (Lipinski definition) is 2. The first kappa shape index (κ1) is 13.1. The summed E-state index contributed by atoms with van der Waals surface area (Å²) < 4.78 is 18.5. The second-order valence-electron chi connectivity index (χ2n) is 4.16. The molecule has 19 heavy (non-hydrogen) atoms. The van der Waals surface area contributed by atoms with Gasteiger partial charge in [0, 0.05) is 0 Å². The molecule has 0 spiro atoms. The van der Waals surface area contributed by atoms with Gasteiger partial charge in [-0.05, 0) is 36.2 Å². The molecule has 0 aliphatic carbocycles. The molecular weight excluding hydrogens is 247 g/mol. The largest absolute Gasteiger partial charge is 0.488 e. The predicted octanol–water partition coefficient (Wildman–Crippen LogP) is 3.41. The minimum atomic E-state index is -1.21. The van der Waals surface area contributed by atoms with Crippen LogP contribution in [0.15, 0.2) is 42.5 Å². The fourth-order valence-electron chi connectivity index (χ4n) is 1.72. The minimum absolute atomic E-state index is 0.164. The lowest BCUT2D eigenvalue weighted by atomic mass is 10.1. The van der Waals surface area contributed by atoms with E-state index in [0.717, 1.165) is 17.2 Å². The summed E-state index contributed by atoms with van der Waals surface area (Å²) in [5.74, 6) is -1.64. The van der Waals surface area contributed by atoms with Gasteiger partial charge in [-0.3, -0.25) is 0 Å². The number of rotatable bonds is 4. The summed E-state index contributed by atoms with van der Waals surface area (Å²) in [5, 5.41) is 9.00. The number of carbonyl (C=O) groups is 1. The van der Waals surface area contributed by atoms with Crippen LogP contribution in [0.5, 0.6) is 5.75 Å². The Hall–Kier alpha value is -2.36. The van der Waals surface area contributed by atoms with E-state index in [2.05, 4.69) is 0 Å². The second kappa shape index (κ2) is 5.52. The maximum atomic E-state index is 13.0. The first-order chi connectivity index (χ1) is 9.08. The molecule has 2 aromatic carbocycles. The zero-order valence-electron chi connectivity index (χ0n) is 10.4. The summed E-state index contributed by atoms with van der Waals surface area (Å²) in [4.78, 5) is 11.0. The Bertz CT molecular complexity index is 608. The zero-order chi connectivity index (χ0) is 13.8. The lowest BCUT2D eigenvalue weighted by Gasteiger charge is -2.10. The van der Waals surface area contributed by atoms with Gasteiger partial charge in [-0.2, -0.15) is 0 Å². The van der Waals surface area contributed by atoms with Crippen molar-refractivity contribution in [2.45, 2.75) is 13.5 Å². The summed E-state index contributed by atoms with van der Waals surface area (Å²) in [7, 11) is 0. The topological polar surface area (TPSA) is 46.5 Å². The first-order valence-corrected chi connectivity index (χ1v) is 5.78. The van der Waals surface area contributed by atoms with E-state index in [-0.39, 0.29) is 17.9 Å². The quantitative estimate of drug-likeness (QED) is 0.916. The molecule has 0 aromatic heterocycles. The van der Waals surface area contributed by atoms with Gasteiger partial charge in [-0.25, -0.2) is 9.18 Å². The third-order valence-corrected chi connectivity index (χ3v) is 2.82. The molecule has 0 saturated heterocycles. The van der Waals surface area contributed by atoms with Crippen LogP contribution >= 0.6 is 0 Å². The Labute approximate surface area is 110 Å². The number of carboxylic acid groups (broad SMARTS) is 1. The predicted molar refractivity (Wildman–Crippen MR) is 68.9 cm³/mol. The highest BCUT2D eigenvalue weighted by atomic mass is 19.1. The molecule has 2 aromatic rings. The van der Waals surface area contributed by atoms with Crippen LogP contribution in [0.25, 0.3) is 0 Å². The van der Waals surface area contributed by atoms with E-state index in [4.69, 9.17) is 9.84 Å². The van der Waals surface area contributed by atoms with E-state index in [1.54, 1.807) is 0 Å². The molecule has 0 aliphatic heterocycles. The molecule has 2 rings (SSSR count). The van der Waals surface area contributed by atoms with Crippen molar-refractivity contribution >= 4 is 5.97 Å². The summed E-state index contributed by atoms with van der Waals surface area (Å²) in [6, 6.07) is 11.1. The van der Waals surface area contributed by atoms with Crippen LogP contribution in [-0.4, -0.2) is 11.1 Å². The van der Waals surface area contributed by atoms with Crippen molar-refractivity contribution in [3.05, 3.63) is 65.0 Å². The molecule has 0 saturated carbocycles. The highest BCUT2D eigenvalue weighted by Gasteiger charge is 2.12. The van der Waals surface area contributed by atoms with Crippen LogP contribution in [0.2, 0.25) is 0 Å². The highest BCUT2D eigenvalue weighted by Crippen LogP contribution is 2.21. The van der Waals surface area contributed by atoms with Crippen molar-refractivity contribution < 1.29 is 19.0 Å². The van der Waals surface area contributed by atoms with Crippen molar-refractivity contribution in [2.75, 3.05) is 0 Å². The van der Waals surface area contributed by atoms with Gasteiger partial charge < -0.3 is 9.84 Å². The third-order valence-electron chi connectivity index (χ3n) is 2.82. The number of carboxylic acids is 1. The Morgan fingerprint density at radius 2 is 2.00 bits per heavy atom. The van der Waals surface area contributed by atoms with Crippen molar-refractivity contribution in [1.82, 2.24) is 0 Å². The molecule has 0 heterocycles. The molecule has 4 heteroatoms. The van der Waals surface area contributed by atoms with Crippen molar-refractivity contribution in [3.8, 4) is 5.75 Å². The van der Waals surface area contributed by atoms with E-state index < -0.39 is 11.8 Å². The molecule has 0 radical (unpaired) electrons. The van der Waals surface area contributed by atoms with Crippen LogP contribution in [0, 0.1) is 12.7 Å². The molecule has 0 unspecified atom stereocenters. The fraction of sp³-hybridized carbons (Fsp3) is 0.133. The Balaban J connectivity index is 2.20. The number of ether oxygens (including phenoxy) is 1. The maximum Gasteiger partial charge on any atom is 0.339 e. The molecule has 0 amide bonds. The van der Waals surface area contributed by atoms with Gasteiger partial charge in [-0.1, -0.05) is 24.3 Å². The maximum absolute atomic E-state index is 13.0. The van der Waals surface area contributed by atoms with Crippen LogP contribution in [0.1, 0.15) is 21.5 Å². The van der Waals surface area contributed by atoms with E-state index in [1.165, 1.54) is 12.1 Å². The molecule has 0 aliphatic rings. The number of aryl methyl sites for hydroxylation is 1. The Morgan fingerprint density at radius 1 is 1.26 bits per heavy atom. The highest BCUT2D eigenvalue weighted by molar-refractivity contribution is 5.90. The normalized spacial score (nSPS) is 10.2. The van der Waals surface area contributed by atoms with Gasteiger partial charge in [0.1, 0.15) is 23.7 Å². The summed E-state index contributed by atoms with van der Waals surface area (Å²) in [6.45, 7) is 2.19. The van der Waals surface area contributed by atoms with Crippen molar-refractivity contribution in [3.63, 3.8) is 0 Å². The third kappa shape index (κ3) is 3.10. The molecule has 0 bridgehead atoms. The number of aromatic carboxylic acids is 1. The van der Waals surface area contributed by atoms with E-state index in [1.807, 2.05) is 31.2 Å². The lowest BCUT2D eigenvalue weighted by Crippen LogP contribution is -2.04. The summed E-state index contributed by atoms with van der Waals surface area (Å²) >= 11 is 0. The summed E-state index contributed by atoms with van der Waals surface area (Å²) in [6.07, 6.45) is 0. The van der Waals surface area contributed by atoms with Gasteiger partial charge in [0.15, 0.2) is 0 Å². The van der Waals surface area contributed by atoms with E-state index in [0.29, 0.717) is 0 Å². The number of benzene rings is 2. The van der Waals surface area contributed by atoms with Crippen molar-refractivity contribution in [1.29, 1.82) is 0 Å². The molecule has 0 fully saturated rings. The van der Waals surface area contributed by atoms with Gasteiger partial charge in [-0.15, -0.1) is 0 Å². The van der Waals surface area contributed by atoms with Gasteiger partial charge in [0.2, 0.25) is 0 Å². The minimum Gasteiger partial charge on any atom is -0.488 e. The zero-order valence-corrected chi connectivity index (χ0v) is 10.4. The molecule has 0 atom stereocenters. The standard InChI is InChI=1S/C15H13FO3/c1-10-4-2-3-5-11(10)9-19-14-7-6-12(16)8-13(14)15(17)18/h2-8H,9H2,1H3,(H,17,18). The SMILES string of the molecule is Cc1ccccc1COc1ccc(F)cc1C(=O)O. The summed E-state index contributed by atoms with van der Waals surface area (Å²) in [5.41, 5.74) is 1.85. The van der Waals surface area contributed by atoms with Crippen molar-refractivity contribution in [2.24, 2.45) is 0 Å². The van der Waals surface area contributed by atoms with E-state index in [9.17, 15) is 9.18 Å². The van der Waals surface area contributed by atoms with Gasteiger partial charge >= 0.3 is 5.97 Å². The number of halogens is 1. The van der Waals surface area contributed by atoms with Gasteiger partial charge in [0.05, 0.1) is 0 Å². The molecule has 98 valence electrons. The molecule has 1 N–H and O–H groups in total.